The molecule has 0 bridgehead atoms. The summed E-state index contributed by atoms with van der Waals surface area (Å²) >= 11 is 0. The molecule has 1 N–H and O–H groups in total. The van der Waals surface area contributed by atoms with Gasteiger partial charge in [-0.25, -0.2) is 0 Å². The number of terminal acetylenes is 1. The first-order chi connectivity index (χ1) is 8.72. The molecule has 2 fully saturated rings. The third-order valence-electron chi connectivity index (χ3n) is 3.88. The Morgan fingerprint density at radius 1 is 1.28 bits per heavy atom. The van der Waals surface area contributed by atoms with Crippen molar-refractivity contribution in [3.8, 4) is 12.3 Å². The van der Waals surface area contributed by atoms with E-state index in [1.54, 1.807) is 4.90 Å². The van der Waals surface area contributed by atoms with Crippen LogP contribution in [-0.4, -0.2) is 35.8 Å². The maximum Gasteiger partial charge on any atom is 0.245 e. The molecule has 0 aromatic heterocycles. The number of piperazine rings is 1. The van der Waals surface area contributed by atoms with Gasteiger partial charge < -0.3 is 10.2 Å². The van der Waals surface area contributed by atoms with Crippen molar-refractivity contribution in [2.45, 2.75) is 44.6 Å². The van der Waals surface area contributed by atoms with Crippen molar-refractivity contribution in [2.75, 3.05) is 13.1 Å². The summed E-state index contributed by atoms with van der Waals surface area (Å²) in [7, 11) is 0. The van der Waals surface area contributed by atoms with Crippen LogP contribution < -0.4 is 5.32 Å². The molecule has 0 spiro atoms. The van der Waals surface area contributed by atoms with E-state index < -0.39 is 0 Å². The number of carbonyl (C=O) groups excluding carboxylic acids is 2. The van der Waals surface area contributed by atoms with E-state index in [0.717, 1.165) is 25.7 Å². The third kappa shape index (κ3) is 2.84. The van der Waals surface area contributed by atoms with E-state index in [1.165, 1.54) is 6.42 Å². The van der Waals surface area contributed by atoms with Gasteiger partial charge in [0.1, 0.15) is 6.04 Å². The molecule has 98 valence electrons. The van der Waals surface area contributed by atoms with Crippen LogP contribution in [0.1, 0.15) is 38.5 Å². The average Bonchev–Trinajstić information content (AvgIpc) is 2.40. The summed E-state index contributed by atoms with van der Waals surface area (Å²) in [6, 6.07) is -0.315. The lowest BCUT2D eigenvalue weighted by atomic mass is 9.82. The second-order valence-electron chi connectivity index (χ2n) is 5.16. The van der Waals surface area contributed by atoms with Gasteiger partial charge in [0.2, 0.25) is 11.8 Å². The highest BCUT2D eigenvalue weighted by Gasteiger charge is 2.37. The molecule has 18 heavy (non-hydrogen) atoms. The van der Waals surface area contributed by atoms with Gasteiger partial charge in [-0.3, -0.25) is 9.59 Å². The standard InChI is InChI=1S/C14H20N2O2/c1-2-3-9-16-10-12(17)15-13(14(16)18)11-7-5-4-6-8-11/h1,11,13H,3-10H2,(H,15,17). The van der Waals surface area contributed by atoms with E-state index in [2.05, 4.69) is 11.2 Å². The molecule has 1 aliphatic heterocycles. The lowest BCUT2D eigenvalue weighted by molar-refractivity contribution is -0.146. The molecule has 2 amide bonds. The minimum absolute atomic E-state index is 0.0525. The number of nitrogens with zero attached hydrogens (tertiary/aromatic N) is 1. The first-order valence-electron chi connectivity index (χ1n) is 6.74. The van der Waals surface area contributed by atoms with Crippen LogP contribution in [0.25, 0.3) is 0 Å². The topological polar surface area (TPSA) is 49.4 Å². The quantitative estimate of drug-likeness (QED) is 0.755. The van der Waals surface area contributed by atoms with Crippen LogP contribution in [0.5, 0.6) is 0 Å². The summed E-state index contributed by atoms with van der Waals surface area (Å²) in [5.41, 5.74) is 0. The van der Waals surface area contributed by atoms with Gasteiger partial charge in [-0.2, -0.15) is 0 Å². The van der Waals surface area contributed by atoms with Gasteiger partial charge in [-0.1, -0.05) is 19.3 Å². The highest BCUT2D eigenvalue weighted by molar-refractivity contribution is 5.95. The van der Waals surface area contributed by atoms with Crippen molar-refractivity contribution in [1.82, 2.24) is 10.2 Å². The van der Waals surface area contributed by atoms with Crippen LogP contribution in [0.2, 0.25) is 0 Å². The van der Waals surface area contributed by atoms with Crippen molar-refractivity contribution < 1.29 is 9.59 Å². The Morgan fingerprint density at radius 2 is 2.00 bits per heavy atom. The van der Waals surface area contributed by atoms with Gasteiger partial charge in [0.15, 0.2) is 0 Å². The molecule has 2 rings (SSSR count). The molecule has 0 radical (unpaired) electrons. The summed E-state index contributed by atoms with van der Waals surface area (Å²) in [5, 5.41) is 2.86. The van der Waals surface area contributed by atoms with Crippen LogP contribution in [0, 0.1) is 18.3 Å². The fourth-order valence-electron chi connectivity index (χ4n) is 2.90. The number of rotatable bonds is 3. The molecule has 0 aromatic rings. The van der Waals surface area contributed by atoms with E-state index in [1.807, 2.05) is 0 Å². The maximum atomic E-state index is 12.3. The van der Waals surface area contributed by atoms with Gasteiger partial charge in [-0.05, 0) is 18.8 Å². The SMILES string of the molecule is C#CCCN1CC(=O)NC(C2CCCCC2)C1=O. The first kappa shape index (κ1) is 12.9. The van der Waals surface area contributed by atoms with Gasteiger partial charge in [0.25, 0.3) is 0 Å². The lowest BCUT2D eigenvalue weighted by Gasteiger charge is -2.37. The minimum Gasteiger partial charge on any atom is -0.342 e. The maximum absolute atomic E-state index is 12.3. The number of carbonyl (C=O) groups is 2. The predicted molar refractivity (Wildman–Crippen MR) is 68.5 cm³/mol. The highest BCUT2D eigenvalue weighted by Crippen LogP contribution is 2.28. The molecule has 1 heterocycles. The average molecular weight is 248 g/mol. The molecular weight excluding hydrogens is 228 g/mol. The number of nitrogens with one attached hydrogen (secondary N) is 1. The van der Waals surface area contributed by atoms with E-state index in [9.17, 15) is 9.59 Å². The number of amides is 2. The molecular formula is C14H20N2O2. The largest absolute Gasteiger partial charge is 0.342 e. The van der Waals surface area contributed by atoms with Gasteiger partial charge in [0.05, 0.1) is 6.54 Å². The zero-order valence-electron chi connectivity index (χ0n) is 10.7. The van der Waals surface area contributed by atoms with Crippen molar-refractivity contribution in [3.63, 3.8) is 0 Å². The summed E-state index contributed by atoms with van der Waals surface area (Å²) in [6.45, 7) is 0.649. The van der Waals surface area contributed by atoms with Gasteiger partial charge in [-0.15, -0.1) is 12.3 Å². The van der Waals surface area contributed by atoms with Crippen LogP contribution >= 0.6 is 0 Å². The summed E-state index contributed by atoms with van der Waals surface area (Å²) < 4.78 is 0. The normalized spacial score (nSPS) is 25.7. The van der Waals surface area contributed by atoms with E-state index >= 15 is 0 Å². The van der Waals surface area contributed by atoms with Crippen LogP contribution in [0.4, 0.5) is 0 Å². The molecule has 1 saturated carbocycles. The Labute approximate surface area is 108 Å². The Bertz CT molecular complexity index is 366. The van der Waals surface area contributed by atoms with E-state index in [0.29, 0.717) is 18.9 Å². The molecule has 4 heteroatoms. The predicted octanol–water partition coefficient (Wildman–Crippen LogP) is 0.917. The van der Waals surface area contributed by atoms with E-state index in [-0.39, 0.29) is 24.4 Å². The Kier molecular flexibility index (Phi) is 4.24. The Balaban J connectivity index is 2.02. The molecule has 1 unspecified atom stereocenters. The molecule has 2 aliphatic rings. The summed E-state index contributed by atoms with van der Waals surface area (Å²) in [6.07, 6.45) is 11.4. The van der Waals surface area contributed by atoms with Crippen LogP contribution in [-0.2, 0) is 9.59 Å². The van der Waals surface area contributed by atoms with Gasteiger partial charge in [0, 0.05) is 13.0 Å². The van der Waals surface area contributed by atoms with Crippen LogP contribution in [0.3, 0.4) is 0 Å². The first-order valence-corrected chi connectivity index (χ1v) is 6.74. The monoisotopic (exact) mass is 248 g/mol. The number of hydrogen-bond donors (Lipinski definition) is 1. The fourth-order valence-corrected chi connectivity index (χ4v) is 2.90. The minimum atomic E-state index is -0.315. The van der Waals surface area contributed by atoms with E-state index in [4.69, 9.17) is 6.42 Å². The van der Waals surface area contributed by atoms with Crippen molar-refractivity contribution >= 4 is 11.8 Å². The lowest BCUT2D eigenvalue weighted by Crippen LogP contribution is -2.60. The molecule has 1 aliphatic carbocycles. The van der Waals surface area contributed by atoms with Crippen molar-refractivity contribution in [2.24, 2.45) is 5.92 Å². The van der Waals surface area contributed by atoms with Crippen molar-refractivity contribution in [3.05, 3.63) is 0 Å². The summed E-state index contributed by atoms with van der Waals surface area (Å²) in [4.78, 5) is 25.6. The molecule has 1 saturated heterocycles. The zero-order chi connectivity index (χ0) is 13.0. The third-order valence-corrected chi connectivity index (χ3v) is 3.88. The highest BCUT2D eigenvalue weighted by atomic mass is 16.2. The Hall–Kier alpha value is -1.50. The summed E-state index contributed by atoms with van der Waals surface area (Å²) in [5.74, 6) is 2.83. The molecule has 0 aromatic carbocycles. The molecule has 1 atom stereocenters. The fraction of sp³-hybridized carbons (Fsp3) is 0.714. The Morgan fingerprint density at radius 3 is 2.67 bits per heavy atom. The zero-order valence-corrected chi connectivity index (χ0v) is 10.7. The second kappa shape index (κ2) is 5.90. The number of hydrogen-bond acceptors (Lipinski definition) is 2. The van der Waals surface area contributed by atoms with Gasteiger partial charge >= 0.3 is 0 Å². The van der Waals surface area contributed by atoms with Crippen LogP contribution in [0.15, 0.2) is 0 Å². The second-order valence-corrected chi connectivity index (χ2v) is 5.16. The molecule has 4 nitrogen and oxygen atoms in total. The van der Waals surface area contributed by atoms with Crippen molar-refractivity contribution in [1.29, 1.82) is 0 Å². The smallest absolute Gasteiger partial charge is 0.245 e.